The quantitative estimate of drug-likeness (QED) is 0.617. The minimum atomic E-state index is -0.215. The van der Waals surface area contributed by atoms with Crippen molar-refractivity contribution in [3.05, 3.63) is 72.4 Å². The number of carbonyl (C=O) groups is 1. The highest BCUT2D eigenvalue weighted by atomic mass is 16.5. The lowest BCUT2D eigenvalue weighted by Gasteiger charge is -2.34. The minimum absolute atomic E-state index is 0.0236. The maximum Gasteiger partial charge on any atom is 0.241 e. The van der Waals surface area contributed by atoms with Gasteiger partial charge >= 0.3 is 0 Å². The molecule has 4 rings (SSSR count). The normalized spacial score (nSPS) is 16.9. The van der Waals surface area contributed by atoms with Gasteiger partial charge in [-0.1, -0.05) is 6.42 Å². The fraction of sp³-hybridized carbons (Fsp3) is 0.304. The van der Waals surface area contributed by atoms with Crippen LogP contribution in [-0.4, -0.2) is 33.5 Å². The largest absolute Gasteiger partial charge is 0.462 e. The van der Waals surface area contributed by atoms with Crippen molar-refractivity contribution < 1.29 is 19.1 Å². The van der Waals surface area contributed by atoms with E-state index in [0.29, 0.717) is 23.8 Å². The lowest BCUT2D eigenvalue weighted by atomic mass is 10.0. The molecule has 7 heteroatoms. The molecular weight excluding hydrogens is 382 g/mol. The molecule has 1 saturated heterocycles. The molecule has 30 heavy (non-hydrogen) atoms. The summed E-state index contributed by atoms with van der Waals surface area (Å²) in [6, 6.07) is 14.4. The number of nitrogens with one attached hydrogen (secondary N) is 1. The number of carbonyl (C=O) groups excluding carboxylic acids is 1. The van der Waals surface area contributed by atoms with E-state index in [4.69, 9.17) is 9.15 Å². The number of aliphatic hydroxyl groups is 1. The Bertz CT molecular complexity index is 956. The van der Waals surface area contributed by atoms with Crippen molar-refractivity contribution in [1.82, 2.24) is 9.88 Å². The summed E-state index contributed by atoms with van der Waals surface area (Å²) in [5.41, 5.74) is 0.727. The Kier molecular flexibility index (Phi) is 6.41. The molecule has 0 bridgehead atoms. The molecule has 1 amide bonds. The van der Waals surface area contributed by atoms with Crippen molar-refractivity contribution in [3.63, 3.8) is 0 Å². The zero-order chi connectivity index (χ0) is 20.8. The summed E-state index contributed by atoms with van der Waals surface area (Å²) >= 11 is 0. The molecule has 2 aromatic heterocycles. The Balaban J connectivity index is 1.37. The highest BCUT2D eigenvalue weighted by Gasteiger charge is 2.29. The van der Waals surface area contributed by atoms with Gasteiger partial charge in [-0.25, -0.2) is 0 Å². The number of piperidine rings is 1. The van der Waals surface area contributed by atoms with E-state index in [-0.39, 0.29) is 18.6 Å². The lowest BCUT2D eigenvalue weighted by molar-refractivity contribution is -0.122. The molecule has 3 aromatic rings. The van der Waals surface area contributed by atoms with E-state index in [1.807, 2.05) is 42.5 Å². The van der Waals surface area contributed by atoms with Gasteiger partial charge < -0.3 is 19.6 Å². The number of furan rings is 1. The minimum Gasteiger partial charge on any atom is -0.462 e. The number of hydrogen-bond acceptors (Lipinski definition) is 6. The van der Waals surface area contributed by atoms with Gasteiger partial charge in [0.25, 0.3) is 0 Å². The number of aliphatic hydroxyl groups excluding tert-OH is 1. The average Bonchev–Trinajstić information content (AvgIpc) is 3.24. The first-order valence-corrected chi connectivity index (χ1v) is 10.1. The Morgan fingerprint density at radius 3 is 2.70 bits per heavy atom. The Labute approximate surface area is 175 Å². The molecule has 1 aromatic carbocycles. The summed E-state index contributed by atoms with van der Waals surface area (Å²) < 4.78 is 11.3. The van der Waals surface area contributed by atoms with Crippen LogP contribution in [0, 0.1) is 0 Å². The maximum absolute atomic E-state index is 12.9. The first-order chi connectivity index (χ1) is 14.7. The van der Waals surface area contributed by atoms with E-state index < -0.39 is 0 Å². The van der Waals surface area contributed by atoms with Gasteiger partial charge in [0, 0.05) is 11.9 Å². The number of ether oxygens (including phenoxy) is 1. The number of likely N-dealkylation sites (tertiary alicyclic amines) is 1. The van der Waals surface area contributed by atoms with Crippen LogP contribution in [0.2, 0.25) is 0 Å². The van der Waals surface area contributed by atoms with Gasteiger partial charge in [-0.2, -0.15) is 0 Å². The van der Waals surface area contributed by atoms with Crippen LogP contribution in [0.3, 0.4) is 0 Å². The number of nitrogens with zero attached hydrogens (tertiary/aromatic N) is 2. The molecule has 3 heterocycles. The fourth-order valence-electron chi connectivity index (χ4n) is 3.65. The van der Waals surface area contributed by atoms with Crippen LogP contribution in [0.5, 0.6) is 11.5 Å². The highest BCUT2D eigenvalue weighted by molar-refractivity contribution is 5.94. The van der Waals surface area contributed by atoms with Crippen LogP contribution < -0.4 is 10.1 Å². The van der Waals surface area contributed by atoms with E-state index in [1.54, 1.807) is 18.5 Å². The van der Waals surface area contributed by atoms with Crippen molar-refractivity contribution in [2.45, 2.75) is 38.5 Å². The van der Waals surface area contributed by atoms with Gasteiger partial charge in [-0.3, -0.25) is 14.7 Å². The topological polar surface area (TPSA) is 87.8 Å². The Morgan fingerprint density at radius 1 is 1.13 bits per heavy atom. The van der Waals surface area contributed by atoms with Crippen molar-refractivity contribution in [2.75, 3.05) is 11.9 Å². The van der Waals surface area contributed by atoms with Crippen molar-refractivity contribution in [1.29, 1.82) is 0 Å². The number of hydrogen-bond donors (Lipinski definition) is 2. The zero-order valence-electron chi connectivity index (χ0n) is 16.7. The third-order valence-electron chi connectivity index (χ3n) is 5.14. The van der Waals surface area contributed by atoms with Crippen LogP contribution in [-0.2, 0) is 17.9 Å². The van der Waals surface area contributed by atoms with Crippen molar-refractivity contribution >= 4 is 11.6 Å². The summed E-state index contributed by atoms with van der Waals surface area (Å²) in [4.78, 5) is 19.1. The van der Waals surface area contributed by atoms with E-state index in [9.17, 15) is 9.90 Å². The summed E-state index contributed by atoms with van der Waals surface area (Å²) in [5, 5.41) is 12.2. The molecule has 1 aliphatic rings. The van der Waals surface area contributed by atoms with E-state index in [2.05, 4.69) is 15.2 Å². The molecule has 0 radical (unpaired) electrons. The summed E-state index contributed by atoms with van der Waals surface area (Å²) in [6.07, 6.45) is 6.22. The average molecular weight is 407 g/mol. The number of anilines is 1. The molecule has 0 unspecified atom stereocenters. The zero-order valence-corrected chi connectivity index (χ0v) is 16.7. The van der Waals surface area contributed by atoms with Crippen LogP contribution in [0.4, 0.5) is 5.69 Å². The van der Waals surface area contributed by atoms with E-state index in [1.165, 1.54) is 0 Å². The molecule has 0 aliphatic carbocycles. The van der Waals surface area contributed by atoms with Crippen molar-refractivity contribution in [2.24, 2.45) is 0 Å². The number of benzene rings is 1. The molecule has 1 fully saturated rings. The van der Waals surface area contributed by atoms with Crippen LogP contribution in [0.15, 0.2) is 65.3 Å². The van der Waals surface area contributed by atoms with Crippen LogP contribution in [0.25, 0.3) is 0 Å². The SMILES string of the molecule is O=C(Nc1ccc(Oc2cccnc2)cc1)[C@H]1CCCCN1Cc1ccc(CO)o1. The second kappa shape index (κ2) is 9.56. The van der Waals surface area contributed by atoms with Gasteiger partial charge in [0.2, 0.25) is 5.91 Å². The number of aromatic nitrogens is 1. The van der Waals surface area contributed by atoms with Gasteiger partial charge in [0.15, 0.2) is 0 Å². The number of pyridine rings is 1. The molecule has 1 aliphatic heterocycles. The lowest BCUT2D eigenvalue weighted by Crippen LogP contribution is -2.46. The predicted octanol–water partition coefficient (Wildman–Crippen LogP) is 3.95. The Hall–Kier alpha value is -3.16. The molecular formula is C23H25N3O4. The molecule has 0 saturated carbocycles. The standard InChI is InChI=1S/C23H25N3O4/c27-16-21-11-10-20(30-21)15-26-13-2-1-5-22(26)23(28)25-17-6-8-18(9-7-17)29-19-4-3-12-24-14-19/h3-4,6-12,14,22,27H,1-2,5,13,15-16H2,(H,25,28)/t22-/m1/s1. The van der Waals surface area contributed by atoms with Gasteiger partial charge in [-0.15, -0.1) is 0 Å². The first-order valence-electron chi connectivity index (χ1n) is 10.1. The first kappa shape index (κ1) is 20.1. The molecule has 1 atom stereocenters. The second-order valence-electron chi connectivity index (χ2n) is 7.31. The Morgan fingerprint density at radius 2 is 1.97 bits per heavy atom. The molecule has 0 spiro atoms. The summed E-state index contributed by atoms with van der Waals surface area (Å²) in [5.74, 6) is 2.61. The third-order valence-corrected chi connectivity index (χ3v) is 5.14. The monoisotopic (exact) mass is 407 g/mol. The predicted molar refractivity (Wildman–Crippen MR) is 112 cm³/mol. The fourth-order valence-corrected chi connectivity index (χ4v) is 3.65. The van der Waals surface area contributed by atoms with Crippen LogP contribution in [0.1, 0.15) is 30.8 Å². The van der Waals surface area contributed by atoms with Crippen LogP contribution >= 0.6 is 0 Å². The second-order valence-corrected chi connectivity index (χ2v) is 7.31. The van der Waals surface area contributed by atoms with Gasteiger partial charge in [0.05, 0.1) is 18.8 Å². The molecule has 2 N–H and O–H groups in total. The van der Waals surface area contributed by atoms with Gasteiger partial charge in [0.1, 0.15) is 29.6 Å². The highest BCUT2D eigenvalue weighted by Crippen LogP contribution is 2.24. The molecule has 7 nitrogen and oxygen atoms in total. The summed E-state index contributed by atoms with van der Waals surface area (Å²) in [7, 11) is 0. The van der Waals surface area contributed by atoms with E-state index >= 15 is 0 Å². The summed E-state index contributed by atoms with van der Waals surface area (Å²) in [6.45, 7) is 1.27. The smallest absolute Gasteiger partial charge is 0.241 e. The third kappa shape index (κ3) is 5.06. The molecule has 156 valence electrons. The number of rotatable bonds is 7. The number of amides is 1. The van der Waals surface area contributed by atoms with Crippen molar-refractivity contribution in [3.8, 4) is 11.5 Å². The maximum atomic E-state index is 12.9. The van der Waals surface area contributed by atoms with Gasteiger partial charge in [-0.05, 0) is 67.9 Å². The van der Waals surface area contributed by atoms with E-state index in [0.717, 1.165) is 37.3 Å².